The number of thiophene rings is 1. The molecule has 0 saturated heterocycles. The van der Waals surface area contributed by atoms with Gasteiger partial charge in [0.2, 0.25) is 0 Å². The number of hydrogen-bond acceptors (Lipinski definition) is 6. The highest BCUT2D eigenvalue weighted by Crippen LogP contribution is 2.42. The number of hydrogen-bond donors (Lipinski definition) is 1. The van der Waals surface area contributed by atoms with Crippen molar-refractivity contribution in [2.75, 3.05) is 7.11 Å². The van der Waals surface area contributed by atoms with Gasteiger partial charge in [-0.2, -0.15) is 0 Å². The van der Waals surface area contributed by atoms with Gasteiger partial charge in [0.25, 0.3) is 5.56 Å². The Hall–Kier alpha value is -3.42. The first-order chi connectivity index (χ1) is 16.2. The zero-order valence-electron chi connectivity index (χ0n) is 17.8. The van der Waals surface area contributed by atoms with E-state index in [1.807, 2.05) is 16.7 Å². The number of para-hydroxylation sites is 1. The molecule has 0 unspecified atom stereocenters. The highest BCUT2D eigenvalue weighted by atomic mass is 32.1. The minimum atomic E-state index is -0.161. The predicted molar refractivity (Wildman–Crippen MR) is 132 cm³/mol. The zero-order valence-corrected chi connectivity index (χ0v) is 19.5. The molecule has 0 spiro atoms. The maximum Gasteiger partial charge on any atom is 0.271 e. The maximum atomic E-state index is 13.7. The van der Waals surface area contributed by atoms with Crippen LogP contribution in [0.1, 0.15) is 34.0 Å². The fourth-order valence-electron chi connectivity index (χ4n) is 4.68. The van der Waals surface area contributed by atoms with Crippen LogP contribution in [-0.4, -0.2) is 16.8 Å². The molecule has 0 saturated carbocycles. The average molecular weight is 473 g/mol. The first-order valence-electron chi connectivity index (χ1n) is 10.7. The van der Waals surface area contributed by atoms with Gasteiger partial charge in [-0.25, -0.2) is 4.99 Å². The lowest BCUT2D eigenvalue weighted by atomic mass is 9.85. The summed E-state index contributed by atoms with van der Waals surface area (Å²) in [7, 11) is 1.51. The normalized spacial score (nSPS) is 17.2. The fourth-order valence-corrected chi connectivity index (χ4v) is 6.52. The van der Waals surface area contributed by atoms with E-state index in [1.54, 1.807) is 35.6 Å². The minimum absolute atomic E-state index is 0.0221. The summed E-state index contributed by atoms with van der Waals surface area (Å²) in [5.41, 5.74) is 5.09. The molecule has 2 aliphatic rings. The second kappa shape index (κ2) is 7.86. The molecule has 0 amide bonds. The van der Waals surface area contributed by atoms with Gasteiger partial charge in [0, 0.05) is 16.0 Å². The summed E-state index contributed by atoms with van der Waals surface area (Å²) in [5, 5.41) is 12.6. The third kappa shape index (κ3) is 3.19. The number of rotatable bonds is 3. The van der Waals surface area contributed by atoms with Crippen LogP contribution in [0.3, 0.4) is 0 Å². The lowest BCUT2D eigenvalue weighted by Crippen LogP contribution is -2.38. The second-order valence-electron chi connectivity index (χ2n) is 8.03. The largest absolute Gasteiger partial charge is 0.504 e. The molecular weight excluding hydrogens is 452 g/mol. The highest BCUT2D eigenvalue weighted by molar-refractivity contribution is 7.10. The number of allylic oxidation sites excluding steroid dienone is 1. The van der Waals surface area contributed by atoms with E-state index < -0.39 is 0 Å². The minimum Gasteiger partial charge on any atom is -0.504 e. The number of thiazole rings is 1. The SMILES string of the molecule is COc1cccc(/C=c2\sc3n(c2=O)[C@@H](c2cccs2)C2=C(N=3)c3ccccc3CC2)c1O. The lowest BCUT2D eigenvalue weighted by Gasteiger charge is -2.30. The fraction of sp³-hybridized carbons (Fsp3) is 0.154. The molecule has 33 heavy (non-hydrogen) atoms. The van der Waals surface area contributed by atoms with Gasteiger partial charge < -0.3 is 9.84 Å². The van der Waals surface area contributed by atoms with Crippen LogP contribution in [0.5, 0.6) is 11.5 Å². The molecule has 0 fully saturated rings. The van der Waals surface area contributed by atoms with Crippen molar-refractivity contribution in [3.8, 4) is 11.5 Å². The first kappa shape index (κ1) is 20.2. The molecule has 0 radical (unpaired) electrons. The molecule has 164 valence electrons. The average Bonchev–Trinajstić information content (AvgIpc) is 3.48. The van der Waals surface area contributed by atoms with Crippen molar-refractivity contribution in [1.29, 1.82) is 0 Å². The Morgan fingerprint density at radius 2 is 2.00 bits per heavy atom. The number of methoxy groups -OCH3 is 1. The molecule has 1 atom stereocenters. The molecule has 6 rings (SSSR count). The van der Waals surface area contributed by atoms with Crippen LogP contribution in [0.4, 0.5) is 0 Å². The number of nitrogens with zero attached hydrogens (tertiary/aromatic N) is 2. The Labute approximate surface area is 197 Å². The number of benzene rings is 2. The van der Waals surface area contributed by atoms with Gasteiger partial charge in [0.1, 0.15) is 0 Å². The second-order valence-corrected chi connectivity index (χ2v) is 10.0. The van der Waals surface area contributed by atoms with Crippen LogP contribution in [0.2, 0.25) is 0 Å². The standard InChI is InChI=1S/C26H20N2O3S2/c1-31-19-9-4-7-16(24(19)29)14-21-25(30)28-23(20-10-5-13-32-20)18-12-11-15-6-2-3-8-17(15)22(18)27-26(28)33-21/h2-10,13-14,23,29H,11-12H2,1H3/b21-14-/t23-/m1/s1. The topological polar surface area (TPSA) is 63.8 Å². The lowest BCUT2D eigenvalue weighted by molar-refractivity contribution is 0.373. The molecule has 1 aliphatic carbocycles. The van der Waals surface area contributed by atoms with Crippen LogP contribution in [0.15, 0.2) is 75.3 Å². The van der Waals surface area contributed by atoms with Gasteiger partial charge in [0.05, 0.1) is 23.4 Å². The van der Waals surface area contributed by atoms with E-state index in [9.17, 15) is 9.90 Å². The highest BCUT2D eigenvalue weighted by Gasteiger charge is 2.33. The van der Waals surface area contributed by atoms with Gasteiger partial charge in [-0.3, -0.25) is 9.36 Å². The third-order valence-corrected chi connectivity index (χ3v) is 8.13. The Morgan fingerprint density at radius 3 is 2.82 bits per heavy atom. The predicted octanol–water partition coefficient (Wildman–Crippen LogP) is 4.09. The summed E-state index contributed by atoms with van der Waals surface area (Å²) >= 11 is 3.02. The van der Waals surface area contributed by atoms with E-state index in [4.69, 9.17) is 9.73 Å². The Balaban J connectivity index is 1.62. The van der Waals surface area contributed by atoms with E-state index >= 15 is 0 Å². The van der Waals surface area contributed by atoms with Crippen molar-refractivity contribution in [3.63, 3.8) is 0 Å². The molecule has 5 nitrogen and oxygen atoms in total. The molecule has 3 heterocycles. The van der Waals surface area contributed by atoms with Crippen molar-refractivity contribution >= 4 is 34.4 Å². The molecule has 4 aromatic rings. The first-order valence-corrected chi connectivity index (χ1v) is 12.4. The number of phenolic OH excluding ortho intramolecular Hbond substituents is 1. The van der Waals surface area contributed by atoms with Gasteiger partial charge in [0.15, 0.2) is 16.3 Å². The number of aryl methyl sites for hydroxylation is 1. The molecule has 7 heteroatoms. The monoisotopic (exact) mass is 472 g/mol. The quantitative estimate of drug-likeness (QED) is 0.488. The number of aromatic nitrogens is 1. The van der Waals surface area contributed by atoms with Crippen molar-refractivity contribution < 1.29 is 9.84 Å². The van der Waals surface area contributed by atoms with Gasteiger partial charge in [-0.15, -0.1) is 11.3 Å². The summed E-state index contributed by atoms with van der Waals surface area (Å²) < 4.78 is 7.58. The number of aromatic hydroxyl groups is 1. The van der Waals surface area contributed by atoms with Crippen molar-refractivity contribution in [1.82, 2.24) is 4.57 Å². The van der Waals surface area contributed by atoms with Crippen LogP contribution in [0.25, 0.3) is 11.8 Å². The summed E-state index contributed by atoms with van der Waals surface area (Å²) in [6.45, 7) is 0. The van der Waals surface area contributed by atoms with Gasteiger partial charge >= 0.3 is 0 Å². The van der Waals surface area contributed by atoms with E-state index in [0.29, 0.717) is 20.6 Å². The Morgan fingerprint density at radius 1 is 1.12 bits per heavy atom. The number of ether oxygens (including phenoxy) is 1. The molecule has 2 aromatic heterocycles. The van der Waals surface area contributed by atoms with Crippen molar-refractivity contribution in [2.45, 2.75) is 18.9 Å². The zero-order chi connectivity index (χ0) is 22.5. The van der Waals surface area contributed by atoms with Gasteiger partial charge in [-0.1, -0.05) is 53.8 Å². The number of phenols is 1. The van der Waals surface area contributed by atoms with Crippen LogP contribution < -0.4 is 19.6 Å². The maximum absolute atomic E-state index is 13.7. The molecule has 1 aliphatic heterocycles. The smallest absolute Gasteiger partial charge is 0.271 e. The van der Waals surface area contributed by atoms with E-state index in [0.717, 1.165) is 29.0 Å². The molecule has 1 N–H and O–H groups in total. The van der Waals surface area contributed by atoms with Gasteiger partial charge in [-0.05, 0) is 47.6 Å². The Bertz CT molecular complexity index is 1590. The van der Waals surface area contributed by atoms with Crippen LogP contribution >= 0.6 is 22.7 Å². The van der Waals surface area contributed by atoms with Crippen molar-refractivity contribution in [3.05, 3.63) is 107 Å². The Kier molecular flexibility index (Phi) is 4.81. The van der Waals surface area contributed by atoms with Crippen LogP contribution in [0, 0.1) is 0 Å². The van der Waals surface area contributed by atoms with E-state index in [2.05, 4.69) is 29.6 Å². The number of fused-ring (bicyclic) bond motifs is 3. The third-order valence-electron chi connectivity index (χ3n) is 6.22. The molecule has 0 bridgehead atoms. The van der Waals surface area contributed by atoms with Crippen molar-refractivity contribution in [2.24, 2.45) is 4.99 Å². The molecular formula is C26H20N2O3S2. The molecule has 2 aromatic carbocycles. The van der Waals surface area contributed by atoms with E-state index in [1.165, 1.54) is 29.6 Å². The summed E-state index contributed by atoms with van der Waals surface area (Å²) in [6.07, 6.45) is 3.54. The summed E-state index contributed by atoms with van der Waals surface area (Å²) in [4.78, 5) is 20.5. The van der Waals surface area contributed by atoms with Crippen LogP contribution in [-0.2, 0) is 6.42 Å². The summed E-state index contributed by atoms with van der Waals surface area (Å²) in [6, 6.07) is 17.6. The summed E-state index contributed by atoms with van der Waals surface area (Å²) in [5.74, 6) is 0.397. The van der Waals surface area contributed by atoms with E-state index in [-0.39, 0.29) is 17.4 Å².